The van der Waals surface area contributed by atoms with E-state index in [1.54, 1.807) is 0 Å². The van der Waals surface area contributed by atoms with E-state index in [1.807, 2.05) is 67.9 Å². The molecule has 2 nitrogen and oxygen atoms in total. The molecular formula is C43H38GeIrN2S-2. The molecule has 5 aromatic carbocycles. The van der Waals surface area contributed by atoms with Gasteiger partial charge in [0.05, 0.1) is 0 Å². The van der Waals surface area contributed by atoms with E-state index < -0.39 is 19.2 Å². The molecule has 8 aromatic rings. The first-order chi connectivity index (χ1) is 23.0. The molecule has 0 amide bonds. The fourth-order valence-electron chi connectivity index (χ4n) is 6.06. The van der Waals surface area contributed by atoms with Crippen LogP contribution in [0.25, 0.3) is 64.2 Å². The zero-order valence-corrected chi connectivity index (χ0v) is 33.4. The fraction of sp³-hybridized carbons (Fsp3) is 0.163. The van der Waals surface area contributed by atoms with Gasteiger partial charge in [0, 0.05) is 38.1 Å². The molecule has 5 heteroatoms. The number of nitrogens with zero attached hydrogens (tertiary/aromatic N) is 2. The van der Waals surface area contributed by atoms with Gasteiger partial charge in [-0.05, 0) is 45.3 Å². The van der Waals surface area contributed by atoms with Gasteiger partial charge in [0.25, 0.3) is 0 Å². The van der Waals surface area contributed by atoms with Gasteiger partial charge in [-0.1, -0.05) is 90.3 Å². The van der Waals surface area contributed by atoms with Crippen molar-refractivity contribution in [2.24, 2.45) is 0 Å². The first kappa shape index (κ1) is 32.9. The summed E-state index contributed by atoms with van der Waals surface area (Å²) in [5, 5.41) is 7.43. The van der Waals surface area contributed by atoms with Crippen LogP contribution in [0.2, 0.25) is 17.3 Å². The van der Waals surface area contributed by atoms with Crippen molar-refractivity contribution in [3.63, 3.8) is 0 Å². The Morgan fingerprint density at radius 2 is 1.56 bits per heavy atom. The third-order valence-electron chi connectivity index (χ3n) is 8.72. The van der Waals surface area contributed by atoms with Crippen LogP contribution in [0.5, 0.6) is 0 Å². The fourth-order valence-corrected chi connectivity index (χ4v) is 9.59. The van der Waals surface area contributed by atoms with Gasteiger partial charge < -0.3 is 0 Å². The van der Waals surface area contributed by atoms with Gasteiger partial charge in [0.2, 0.25) is 0 Å². The summed E-state index contributed by atoms with van der Waals surface area (Å²) in [6.07, 6.45) is 3.86. The Balaban J connectivity index is 0.000000208. The maximum Gasteiger partial charge on any atom is 0 e. The number of hydrogen-bond acceptors (Lipinski definition) is 3. The van der Waals surface area contributed by atoms with Crippen molar-refractivity contribution in [3.05, 3.63) is 139 Å². The second kappa shape index (κ2) is 14.1. The maximum atomic E-state index is 8.49. The molecule has 0 unspecified atom stereocenters. The smallest absolute Gasteiger partial charge is 0 e. The van der Waals surface area contributed by atoms with Crippen LogP contribution in [0.15, 0.2) is 116 Å². The molecule has 0 fully saturated rings. The molecule has 0 aliphatic rings. The Morgan fingerprint density at radius 3 is 2.29 bits per heavy atom. The first-order valence-corrected chi connectivity index (χ1v) is 24.2. The molecule has 8 rings (SSSR count). The molecule has 0 atom stereocenters. The minimum atomic E-state index is -1.72. The monoisotopic (exact) mass is 882 g/mol. The van der Waals surface area contributed by atoms with E-state index in [-0.39, 0.29) is 20.1 Å². The SMILES string of the molecule is [2H]C(C)(C)c1ccnc(-c2[c-]c3ccccc3c3c2sc2c4ccc(C)cc4ccc23)c1.[CH3][Ge]([CH3])([CH3])[c]1ccc(-c2[c-]cccc2)nc1.[Ir]. The van der Waals surface area contributed by atoms with Gasteiger partial charge in [-0.15, -0.1) is 17.5 Å². The second-order valence-electron chi connectivity index (χ2n) is 13.4. The quantitative estimate of drug-likeness (QED) is 0.130. The number of aromatic nitrogens is 2. The molecule has 3 aromatic heterocycles. The van der Waals surface area contributed by atoms with E-state index >= 15 is 0 Å². The van der Waals surface area contributed by atoms with Gasteiger partial charge in [0.1, 0.15) is 0 Å². The molecule has 0 spiro atoms. The van der Waals surface area contributed by atoms with Gasteiger partial charge in [-0.3, -0.25) is 4.98 Å². The molecular weight excluding hydrogens is 841 g/mol. The number of benzene rings is 5. The van der Waals surface area contributed by atoms with Crippen LogP contribution in [-0.2, 0) is 20.1 Å². The third-order valence-corrected chi connectivity index (χ3v) is 14.2. The average Bonchev–Trinajstić information content (AvgIpc) is 3.48. The largest absolute Gasteiger partial charge is 0 e. The Bertz CT molecular complexity index is 2430. The predicted octanol–water partition coefficient (Wildman–Crippen LogP) is 11.7. The molecule has 241 valence electrons. The molecule has 0 aliphatic heterocycles. The second-order valence-corrected chi connectivity index (χ2v) is 25.1. The number of thiophene rings is 1. The van der Waals surface area contributed by atoms with Gasteiger partial charge >= 0.3 is 99.8 Å². The standard InChI is InChI=1S/C29H22NS.C14H16GeN.Ir/c1-17(2)19-12-13-30-26(16-19)25-15-20-6-4-5-7-22(20)27-24-11-9-21-14-18(3)8-10-23(21)28(24)31-29(25)27;1-15(2,3)13-9-10-14(16-11-13)12-7-5-4-6-8-12;/h4-14,16-17H,1-3H3;4-7,9-11H,1-3H3;/q2*-1;/i17D;;. The molecule has 1 radical (unpaired) electrons. The van der Waals surface area contributed by atoms with E-state index in [0.29, 0.717) is 0 Å². The average molecular weight is 881 g/mol. The summed E-state index contributed by atoms with van der Waals surface area (Å²) in [6.45, 7) is 5.97. The minimum Gasteiger partial charge on any atom is 0 e. The molecule has 0 aliphatic carbocycles. The van der Waals surface area contributed by atoms with Crippen LogP contribution in [0.1, 0.15) is 32.2 Å². The van der Waals surface area contributed by atoms with E-state index in [2.05, 4.69) is 114 Å². The number of rotatable bonds is 4. The van der Waals surface area contributed by atoms with Crippen molar-refractivity contribution in [2.75, 3.05) is 0 Å². The van der Waals surface area contributed by atoms with Crippen LogP contribution in [-0.4, -0.2) is 23.2 Å². The van der Waals surface area contributed by atoms with Crippen molar-refractivity contribution in [1.29, 1.82) is 0 Å². The summed E-state index contributed by atoms with van der Waals surface area (Å²) < 4.78 is 12.4. The van der Waals surface area contributed by atoms with E-state index in [4.69, 9.17) is 6.35 Å². The predicted molar refractivity (Wildman–Crippen MR) is 207 cm³/mol. The van der Waals surface area contributed by atoms with Gasteiger partial charge in [-0.25, -0.2) is 0 Å². The zero-order valence-electron chi connectivity index (χ0n) is 29.1. The van der Waals surface area contributed by atoms with E-state index in [1.165, 1.54) is 46.3 Å². The Hall–Kier alpha value is -3.67. The van der Waals surface area contributed by atoms with Crippen LogP contribution in [0.4, 0.5) is 0 Å². The molecule has 0 saturated carbocycles. The molecule has 48 heavy (non-hydrogen) atoms. The zero-order chi connectivity index (χ0) is 33.6. The van der Waals surface area contributed by atoms with Crippen molar-refractivity contribution >= 4 is 70.7 Å². The summed E-state index contributed by atoms with van der Waals surface area (Å²) in [6, 6.07) is 42.8. The van der Waals surface area contributed by atoms with E-state index in [0.717, 1.165) is 33.5 Å². The third kappa shape index (κ3) is 6.77. The summed E-state index contributed by atoms with van der Waals surface area (Å²) in [4.78, 5) is 9.25. The summed E-state index contributed by atoms with van der Waals surface area (Å²) >= 11 is 0.113. The Morgan fingerprint density at radius 1 is 0.771 bits per heavy atom. The number of fused-ring (bicyclic) bond motifs is 7. The van der Waals surface area contributed by atoms with Crippen molar-refractivity contribution in [1.82, 2.24) is 9.97 Å². The summed E-state index contributed by atoms with van der Waals surface area (Å²) in [7, 11) is 0. The summed E-state index contributed by atoms with van der Waals surface area (Å²) in [5.74, 6) is 6.46. The summed E-state index contributed by atoms with van der Waals surface area (Å²) in [5.41, 5.74) is 6.21. The van der Waals surface area contributed by atoms with Crippen molar-refractivity contribution in [2.45, 2.75) is 43.9 Å². The van der Waals surface area contributed by atoms with E-state index in [9.17, 15) is 0 Å². The van der Waals surface area contributed by atoms with Crippen LogP contribution in [0, 0.1) is 19.1 Å². The first-order valence-electron chi connectivity index (χ1n) is 16.6. The van der Waals surface area contributed by atoms with Crippen molar-refractivity contribution < 1.29 is 21.5 Å². The van der Waals surface area contributed by atoms with Crippen molar-refractivity contribution in [3.8, 4) is 22.5 Å². The number of pyridine rings is 2. The topological polar surface area (TPSA) is 25.8 Å². The van der Waals surface area contributed by atoms with Crippen LogP contribution >= 0.6 is 11.3 Å². The molecule has 0 bridgehead atoms. The number of aryl methyl sites for hydroxylation is 1. The molecule has 0 saturated heterocycles. The Kier molecular flexibility index (Phi) is 9.62. The maximum absolute atomic E-state index is 8.49. The molecule has 0 N–H and O–H groups in total. The van der Waals surface area contributed by atoms with Crippen LogP contribution in [0.3, 0.4) is 0 Å². The minimum absolute atomic E-state index is 0. The van der Waals surface area contributed by atoms with Crippen LogP contribution < -0.4 is 4.40 Å². The Labute approximate surface area is 305 Å². The normalized spacial score (nSPS) is 12.1. The number of hydrogen-bond donors (Lipinski definition) is 0. The van der Waals surface area contributed by atoms with Gasteiger partial charge in [-0.2, -0.15) is 11.3 Å². The van der Waals surface area contributed by atoms with Gasteiger partial charge in [0.15, 0.2) is 0 Å². The molecule has 3 heterocycles.